The van der Waals surface area contributed by atoms with Crippen molar-refractivity contribution < 1.29 is 4.79 Å². The number of allylic oxidation sites excluding steroid dienone is 2. The largest absolute Gasteiger partial charge is 0.362 e. The van der Waals surface area contributed by atoms with Gasteiger partial charge in [-0.2, -0.15) is 10.2 Å². The van der Waals surface area contributed by atoms with Gasteiger partial charge < -0.3 is 5.32 Å². The van der Waals surface area contributed by atoms with Gasteiger partial charge in [0.1, 0.15) is 0 Å². The van der Waals surface area contributed by atoms with Gasteiger partial charge >= 0.3 is 0 Å². The van der Waals surface area contributed by atoms with Gasteiger partial charge in [0.25, 0.3) is 0 Å². The van der Waals surface area contributed by atoms with Crippen molar-refractivity contribution in [2.45, 2.75) is 45.2 Å². The van der Waals surface area contributed by atoms with E-state index >= 15 is 0 Å². The zero-order valence-electron chi connectivity index (χ0n) is 14.4. The fourth-order valence-electron chi connectivity index (χ4n) is 4.69. The number of rotatable bonds is 2. The second kappa shape index (κ2) is 5.40. The molecule has 0 fully saturated rings. The number of carbonyl (C=O) groups excluding carboxylic acids is 1. The van der Waals surface area contributed by atoms with Gasteiger partial charge in [-0.15, -0.1) is 0 Å². The molecule has 4 nitrogen and oxygen atoms in total. The van der Waals surface area contributed by atoms with Crippen molar-refractivity contribution in [2.75, 3.05) is 0 Å². The Bertz CT molecular complexity index is 777. The standard InChI is InChI=1S/C20H23N3O/c1-4-20(14-8-6-5-7-9-14)15-11-21-23-19(15)22-17-12(2)10-13(3)18(24)16(17)20/h5-9,11-13,19,22H,4,10H2,1-3H3/t12-,13-,19?,20-/m1/s1. The van der Waals surface area contributed by atoms with Crippen molar-refractivity contribution in [1.82, 2.24) is 5.32 Å². The molecule has 1 aliphatic carbocycles. The minimum absolute atomic E-state index is 0.0580. The maximum Gasteiger partial charge on any atom is 0.164 e. The lowest BCUT2D eigenvalue weighted by Crippen LogP contribution is -2.52. The first-order valence-electron chi connectivity index (χ1n) is 8.81. The van der Waals surface area contributed by atoms with Crippen molar-refractivity contribution in [1.29, 1.82) is 0 Å². The molecular weight excluding hydrogens is 298 g/mol. The number of ketones is 1. The summed E-state index contributed by atoms with van der Waals surface area (Å²) in [4.78, 5) is 13.3. The second-order valence-corrected chi connectivity index (χ2v) is 7.18. The predicted octanol–water partition coefficient (Wildman–Crippen LogP) is 4.11. The van der Waals surface area contributed by atoms with Gasteiger partial charge in [-0.1, -0.05) is 51.1 Å². The van der Waals surface area contributed by atoms with Crippen LogP contribution in [0.5, 0.6) is 0 Å². The van der Waals surface area contributed by atoms with Gasteiger partial charge in [0.2, 0.25) is 0 Å². The van der Waals surface area contributed by atoms with Crippen LogP contribution in [-0.2, 0) is 10.2 Å². The van der Waals surface area contributed by atoms with Crippen LogP contribution in [0.4, 0.5) is 0 Å². The Morgan fingerprint density at radius 2 is 1.96 bits per heavy atom. The van der Waals surface area contributed by atoms with Gasteiger partial charge in [0.15, 0.2) is 11.9 Å². The van der Waals surface area contributed by atoms with Gasteiger partial charge in [0.05, 0.1) is 11.6 Å². The highest BCUT2D eigenvalue weighted by atomic mass is 16.1. The first-order chi connectivity index (χ1) is 11.6. The molecule has 0 saturated heterocycles. The highest BCUT2D eigenvalue weighted by Gasteiger charge is 2.53. The minimum Gasteiger partial charge on any atom is -0.362 e. The number of nitrogens with zero attached hydrogens (tertiary/aromatic N) is 2. The Kier molecular flexibility index (Phi) is 3.44. The first-order valence-corrected chi connectivity index (χ1v) is 8.81. The van der Waals surface area contributed by atoms with Gasteiger partial charge in [-0.25, -0.2) is 0 Å². The Morgan fingerprint density at radius 1 is 1.21 bits per heavy atom. The molecule has 0 saturated carbocycles. The van der Waals surface area contributed by atoms with E-state index in [9.17, 15) is 4.79 Å². The highest BCUT2D eigenvalue weighted by molar-refractivity contribution is 6.02. The minimum atomic E-state index is -0.421. The van der Waals surface area contributed by atoms with Crippen LogP contribution in [-0.4, -0.2) is 11.9 Å². The summed E-state index contributed by atoms with van der Waals surface area (Å²) in [6.07, 6.45) is 3.43. The summed E-state index contributed by atoms with van der Waals surface area (Å²) >= 11 is 0. The number of benzene rings is 1. The quantitative estimate of drug-likeness (QED) is 0.891. The van der Waals surface area contributed by atoms with Gasteiger partial charge in [0, 0.05) is 22.8 Å². The smallest absolute Gasteiger partial charge is 0.164 e. The number of nitrogens with one attached hydrogen (secondary N) is 1. The Labute approximate surface area is 142 Å². The molecule has 1 aromatic carbocycles. The molecule has 1 N–H and O–H groups in total. The Morgan fingerprint density at radius 3 is 2.67 bits per heavy atom. The normalized spacial score (nSPS) is 34.5. The molecule has 4 rings (SSSR count). The topological polar surface area (TPSA) is 53.8 Å². The third kappa shape index (κ3) is 1.89. The SMILES string of the molecule is CC[C@@]1(c2ccccc2)C2=CN=NC2NC2=C1C(=O)[C@H](C)C[C@H]2C. The summed E-state index contributed by atoms with van der Waals surface area (Å²) in [5.74, 6) is 0.662. The van der Waals surface area contributed by atoms with Crippen LogP contribution in [0.15, 0.2) is 63.6 Å². The zero-order chi connectivity index (χ0) is 16.9. The third-order valence-corrected chi connectivity index (χ3v) is 5.85. The van der Waals surface area contributed by atoms with Gasteiger partial charge in [-0.3, -0.25) is 4.79 Å². The van der Waals surface area contributed by atoms with E-state index in [1.54, 1.807) is 0 Å². The van der Waals surface area contributed by atoms with E-state index < -0.39 is 5.41 Å². The second-order valence-electron chi connectivity index (χ2n) is 7.18. The van der Waals surface area contributed by atoms with Crippen LogP contribution in [0.3, 0.4) is 0 Å². The van der Waals surface area contributed by atoms with Crippen LogP contribution in [0, 0.1) is 11.8 Å². The molecule has 0 aromatic heterocycles. The molecule has 0 radical (unpaired) electrons. The van der Waals surface area contributed by atoms with E-state index in [2.05, 4.69) is 48.4 Å². The predicted molar refractivity (Wildman–Crippen MR) is 93.3 cm³/mol. The van der Waals surface area contributed by atoms with Crippen molar-refractivity contribution in [3.05, 3.63) is 58.9 Å². The molecule has 2 heterocycles. The molecule has 0 spiro atoms. The van der Waals surface area contributed by atoms with Crippen LogP contribution >= 0.6 is 0 Å². The fourth-order valence-corrected chi connectivity index (χ4v) is 4.69. The fraction of sp³-hybridized carbons (Fsp3) is 0.450. The van der Waals surface area contributed by atoms with Crippen LogP contribution in [0.1, 0.15) is 39.2 Å². The van der Waals surface area contributed by atoms with Crippen LogP contribution in [0.25, 0.3) is 0 Å². The lowest BCUT2D eigenvalue weighted by atomic mass is 9.59. The molecule has 3 aliphatic rings. The maximum absolute atomic E-state index is 13.3. The lowest BCUT2D eigenvalue weighted by Gasteiger charge is -2.47. The molecule has 4 atom stereocenters. The first kappa shape index (κ1) is 15.3. The summed E-state index contributed by atoms with van der Waals surface area (Å²) in [7, 11) is 0. The average Bonchev–Trinajstić information content (AvgIpc) is 3.07. The molecule has 24 heavy (non-hydrogen) atoms. The summed E-state index contributed by atoms with van der Waals surface area (Å²) < 4.78 is 0. The number of hydrogen-bond donors (Lipinski definition) is 1. The monoisotopic (exact) mass is 321 g/mol. The molecule has 1 unspecified atom stereocenters. The highest BCUT2D eigenvalue weighted by Crippen LogP contribution is 2.52. The molecule has 0 bridgehead atoms. The van der Waals surface area contributed by atoms with Gasteiger partial charge in [-0.05, 0) is 24.3 Å². The van der Waals surface area contributed by atoms with Crippen molar-refractivity contribution in [3.63, 3.8) is 0 Å². The Hall–Kier alpha value is -2.23. The average molecular weight is 321 g/mol. The number of carbonyl (C=O) groups is 1. The maximum atomic E-state index is 13.3. The van der Waals surface area contributed by atoms with Crippen molar-refractivity contribution in [3.8, 4) is 0 Å². The summed E-state index contributed by atoms with van der Waals surface area (Å²) in [6, 6.07) is 10.4. The van der Waals surface area contributed by atoms with Crippen molar-refractivity contribution >= 4 is 5.78 Å². The van der Waals surface area contributed by atoms with Crippen LogP contribution in [0.2, 0.25) is 0 Å². The third-order valence-electron chi connectivity index (χ3n) is 5.85. The molecule has 2 aliphatic heterocycles. The summed E-state index contributed by atoms with van der Waals surface area (Å²) in [5, 5.41) is 12.1. The summed E-state index contributed by atoms with van der Waals surface area (Å²) in [5.41, 5.74) is 3.86. The molecule has 124 valence electrons. The van der Waals surface area contributed by atoms with E-state index in [0.29, 0.717) is 5.92 Å². The zero-order valence-corrected chi connectivity index (χ0v) is 14.4. The van der Waals surface area contributed by atoms with E-state index in [4.69, 9.17) is 0 Å². The number of Topliss-reactive ketones (excluding diaryl/α,β-unsaturated/α-hetero) is 1. The summed E-state index contributed by atoms with van der Waals surface area (Å²) in [6.45, 7) is 6.42. The molecular formula is C20H23N3O. The number of hydrogen-bond acceptors (Lipinski definition) is 4. The molecule has 1 aromatic rings. The lowest BCUT2D eigenvalue weighted by molar-refractivity contribution is -0.120. The molecule has 0 amide bonds. The Balaban J connectivity index is 2.03. The van der Waals surface area contributed by atoms with E-state index in [-0.39, 0.29) is 17.9 Å². The van der Waals surface area contributed by atoms with E-state index in [1.807, 2.05) is 24.4 Å². The van der Waals surface area contributed by atoms with Crippen LogP contribution < -0.4 is 5.32 Å². The number of azo groups is 1. The number of fused-ring (bicyclic) bond motifs is 1. The molecule has 4 heteroatoms. The van der Waals surface area contributed by atoms with Crippen molar-refractivity contribution in [2.24, 2.45) is 22.1 Å². The van der Waals surface area contributed by atoms with E-state index in [1.165, 1.54) is 5.56 Å². The van der Waals surface area contributed by atoms with E-state index in [0.717, 1.165) is 29.7 Å².